The summed E-state index contributed by atoms with van der Waals surface area (Å²) in [5.74, 6) is 0.861. The van der Waals surface area contributed by atoms with Crippen LogP contribution in [-0.4, -0.2) is 19.7 Å². The summed E-state index contributed by atoms with van der Waals surface area (Å²) in [7, 11) is 0. The number of para-hydroxylation sites is 2. The molecule has 0 aliphatic carbocycles. The minimum Gasteiger partial charge on any atom is -0.424 e. The molecule has 0 spiro atoms. The van der Waals surface area contributed by atoms with Gasteiger partial charge in [0.05, 0.1) is 6.54 Å². The summed E-state index contributed by atoms with van der Waals surface area (Å²) in [5.41, 5.74) is 1.62. The average Bonchev–Trinajstić information content (AvgIpc) is 3.01. The summed E-state index contributed by atoms with van der Waals surface area (Å²) < 4.78 is 7.53. The number of nitrogens with one attached hydrogen (secondary N) is 1. The quantitative estimate of drug-likeness (QED) is 0.759. The van der Waals surface area contributed by atoms with Crippen molar-refractivity contribution in [1.82, 2.24) is 19.7 Å². The molecule has 2 heterocycles. The minimum atomic E-state index is 0.502. The highest BCUT2D eigenvalue weighted by Gasteiger charge is 2.06. The molecule has 1 N–H and O–H groups in total. The van der Waals surface area contributed by atoms with E-state index in [1.54, 1.807) is 6.33 Å². The Morgan fingerprint density at radius 1 is 1.33 bits per heavy atom. The van der Waals surface area contributed by atoms with Gasteiger partial charge in [0.15, 0.2) is 11.4 Å². The highest BCUT2D eigenvalue weighted by molar-refractivity contribution is 5.74. The van der Waals surface area contributed by atoms with E-state index in [4.69, 9.17) is 4.42 Å². The Bertz CT molecular complexity index is 624. The first kappa shape index (κ1) is 10.8. The molecule has 0 bridgehead atoms. The second-order valence-corrected chi connectivity index (χ2v) is 3.87. The molecule has 0 fully saturated rings. The van der Waals surface area contributed by atoms with Crippen LogP contribution in [0, 0.1) is 0 Å². The normalized spacial score (nSPS) is 10.9. The third-order valence-electron chi connectivity index (χ3n) is 2.73. The SMILES string of the molecule is CCn1cnnc1CNc1nc2ccccc2o1. The van der Waals surface area contributed by atoms with Crippen LogP contribution in [0.15, 0.2) is 35.0 Å². The second-order valence-electron chi connectivity index (χ2n) is 3.87. The van der Waals surface area contributed by atoms with Gasteiger partial charge in [0, 0.05) is 6.54 Å². The van der Waals surface area contributed by atoms with Gasteiger partial charge in [0.25, 0.3) is 6.01 Å². The van der Waals surface area contributed by atoms with Crippen LogP contribution in [0.3, 0.4) is 0 Å². The number of fused-ring (bicyclic) bond motifs is 1. The lowest BCUT2D eigenvalue weighted by Crippen LogP contribution is -2.07. The van der Waals surface area contributed by atoms with Gasteiger partial charge in [-0.05, 0) is 19.1 Å². The molecule has 6 nitrogen and oxygen atoms in total. The molecule has 0 atom stereocenters. The first-order chi connectivity index (χ1) is 8.86. The Kier molecular flexibility index (Phi) is 2.68. The predicted octanol–water partition coefficient (Wildman–Crippen LogP) is 2.05. The third kappa shape index (κ3) is 1.92. The van der Waals surface area contributed by atoms with E-state index in [9.17, 15) is 0 Å². The zero-order valence-electron chi connectivity index (χ0n) is 10.00. The summed E-state index contributed by atoms with van der Waals surface area (Å²) in [6, 6.07) is 8.16. The van der Waals surface area contributed by atoms with Gasteiger partial charge < -0.3 is 14.3 Å². The lowest BCUT2D eigenvalue weighted by molar-refractivity contribution is 0.608. The Labute approximate surface area is 104 Å². The van der Waals surface area contributed by atoms with Crippen LogP contribution in [-0.2, 0) is 13.1 Å². The Balaban J connectivity index is 1.77. The topological polar surface area (TPSA) is 68.8 Å². The largest absolute Gasteiger partial charge is 0.424 e. The van der Waals surface area contributed by atoms with Gasteiger partial charge in [-0.3, -0.25) is 0 Å². The van der Waals surface area contributed by atoms with Crippen molar-refractivity contribution in [1.29, 1.82) is 0 Å². The van der Waals surface area contributed by atoms with Crippen LogP contribution in [0.1, 0.15) is 12.7 Å². The molecule has 0 saturated carbocycles. The molecular formula is C12H13N5O. The van der Waals surface area contributed by atoms with Crippen molar-refractivity contribution in [2.45, 2.75) is 20.0 Å². The average molecular weight is 243 g/mol. The van der Waals surface area contributed by atoms with Crippen LogP contribution in [0.25, 0.3) is 11.1 Å². The number of anilines is 1. The fourth-order valence-corrected chi connectivity index (χ4v) is 1.78. The zero-order valence-corrected chi connectivity index (χ0v) is 10.00. The number of aryl methyl sites for hydroxylation is 1. The van der Waals surface area contributed by atoms with E-state index in [1.165, 1.54) is 0 Å². The molecule has 0 aliphatic rings. The van der Waals surface area contributed by atoms with E-state index in [1.807, 2.05) is 35.8 Å². The molecule has 3 aromatic rings. The fraction of sp³-hybridized carbons (Fsp3) is 0.250. The highest BCUT2D eigenvalue weighted by Crippen LogP contribution is 2.18. The number of nitrogens with zero attached hydrogens (tertiary/aromatic N) is 4. The van der Waals surface area contributed by atoms with Crippen molar-refractivity contribution < 1.29 is 4.42 Å². The van der Waals surface area contributed by atoms with E-state index >= 15 is 0 Å². The molecule has 6 heteroatoms. The van der Waals surface area contributed by atoms with Crippen LogP contribution in [0.2, 0.25) is 0 Å². The first-order valence-electron chi connectivity index (χ1n) is 5.83. The molecule has 2 aromatic heterocycles. The van der Waals surface area contributed by atoms with Crippen molar-refractivity contribution in [3.8, 4) is 0 Å². The van der Waals surface area contributed by atoms with Crippen molar-refractivity contribution >= 4 is 17.1 Å². The lowest BCUT2D eigenvalue weighted by Gasteiger charge is -2.02. The maximum Gasteiger partial charge on any atom is 0.296 e. The van der Waals surface area contributed by atoms with E-state index < -0.39 is 0 Å². The highest BCUT2D eigenvalue weighted by atomic mass is 16.4. The van der Waals surface area contributed by atoms with Gasteiger partial charge >= 0.3 is 0 Å². The molecule has 0 radical (unpaired) electrons. The van der Waals surface area contributed by atoms with Gasteiger partial charge in [-0.1, -0.05) is 12.1 Å². The maximum absolute atomic E-state index is 5.56. The fourth-order valence-electron chi connectivity index (χ4n) is 1.78. The van der Waals surface area contributed by atoms with Gasteiger partial charge in [-0.2, -0.15) is 4.98 Å². The molecule has 0 aliphatic heterocycles. The molecular weight excluding hydrogens is 230 g/mol. The van der Waals surface area contributed by atoms with Crippen LogP contribution < -0.4 is 5.32 Å². The number of hydrogen-bond acceptors (Lipinski definition) is 5. The summed E-state index contributed by atoms with van der Waals surface area (Å²) in [5, 5.41) is 11.0. The Hall–Kier alpha value is -2.37. The monoisotopic (exact) mass is 243 g/mol. The van der Waals surface area contributed by atoms with E-state index in [-0.39, 0.29) is 0 Å². The van der Waals surface area contributed by atoms with Crippen LogP contribution in [0.5, 0.6) is 0 Å². The summed E-state index contributed by atoms with van der Waals surface area (Å²) >= 11 is 0. The molecule has 18 heavy (non-hydrogen) atoms. The summed E-state index contributed by atoms with van der Waals surface area (Å²) in [6.07, 6.45) is 1.71. The summed E-state index contributed by atoms with van der Waals surface area (Å²) in [6.45, 7) is 3.44. The van der Waals surface area contributed by atoms with E-state index in [0.29, 0.717) is 12.6 Å². The number of aromatic nitrogens is 4. The third-order valence-corrected chi connectivity index (χ3v) is 2.73. The maximum atomic E-state index is 5.56. The van der Waals surface area contributed by atoms with Gasteiger partial charge in [0.1, 0.15) is 11.8 Å². The first-order valence-corrected chi connectivity index (χ1v) is 5.83. The minimum absolute atomic E-state index is 0.502. The number of rotatable bonds is 4. The molecule has 92 valence electrons. The van der Waals surface area contributed by atoms with Crippen molar-refractivity contribution in [3.63, 3.8) is 0 Å². The number of benzene rings is 1. The standard InChI is InChI=1S/C12H13N5O/c1-2-17-8-14-16-11(17)7-13-12-15-9-5-3-4-6-10(9)18-12/h3-6,8H,2,7H2,1H3,(H,13,15). The lowest BCUT2D eigenvalue weighted by atomic mass is 10.3. The second kappa shape index (κ2) is 4.48. The van der Waals surface area contributed by atoms with Crippen LogP contribution in [0.4, 0.5) is 6.01 Å². The summed E-state index contributed by atoms with van der Waals surface area (Å²) in [4.78, 5) is 4.33. The molecule has 0 saturated heterocycles. The van der Waals surface area contributed by atoms with Gasteiger partial charge in [0.2, 0.25) is 0 Å². The Morgan fingerprint density at radius 2 is 2.22 bits per heavy atom. The predicted molar refractivity (Wildman–Crippen MR) is 67.0 cm³/mol. The zero-order chi connectivity index (χ0) is 12.4. The molecule has 0 unspecified atom stereocenters. The molecule has 0 amide bonds. The van der Waals surface area contributed by atoms with Crippen molar-refractivity contribution in [2.24, 2.45) is 0 Å². The van der Waals surface area contributed by atoms with E-state index in [2.05, 4.69) is 20.5 Å². The van der Waals surface area contributed by atoms with Crippen molar-refractivity contribution in [3.05, 3.63) is 36.4 Å². The smallest absolute Gasteiger partial charge is 0.296 e. The number of hydrogen-bond donors (Lipinski definition) is 1. The van der Waals surface area contributed by atoms with Crippen LogP contribution >= 0.6 is 0 Å². The van der Waals surface area contributed by atoms with Gasteiger partial charge in [-0.15, -0.1) is 10.2 Å². The Morgan fingerprint density at radius 3 is 3.06 bits per heavy atom. The molecule has 1 aromatic carbocycles. The van der Waals surface area contributed by atoms with Gasteiger partial charge in [-0.25, -0.2) is 0 Å². The van der Waals surface area contributed by atoms with E-state index in [0.717, 1.165) is 23.5 Å². The number of oxazole rings is 1. The molecule has 3 rings (SSSR count). The van der Waals surface area contributed by atoms with Crippen molar-refractivity contribution in [2.75, 3.05) is 5.32 Å².